The van der Waals surface area contributed by atoms with E-state index < -0.39 is 12.2 Å². The number of hydrogen-bond acceptors (Lipinski definition) is 4. The molecule has 0 aliphatic rings. The normalized spacial score (nSPS) is 15.4. The van der Waals surface area contributed by atoms with Crippen LogP contribution < -0.4 is 0 Å². The minimum atomic E-state index is -0.643. The number of hydrogen-bond donors (Lipinski definition) is 2. The third-order valence-corrected chi connectivity index (χ3v) is 2.95. The first-order valence-electron chi connectivity index (χ1n) is 4.60. The zero-order valence-corrected chi connectivity index (χ0v) is 9.02. The van der Waals surface area contributed by atoms with Gasteiger partial charge in [0.1, 0.15) is 0 Å². The van der Waals surface area contributed by atoms with Gasteiger partial charge in [-0.2, -0.15) is 11.8 Å². The standard InChI is InChI=1S/C9H16N2O2S/c1-8(12)9(13)6-14-5-4-11-3-2-10-7-11/h2-3,7-9,12-13H,4-6H2,1H3. The topological polar surface area (TPSA) is 58.3 Å². The third-order valence-electron chi connectivity index (χ3n) is 1.90. The minimum Gasteiger partial charge on any atom is -0.391 e. The molecule has 5 heteroatoms. The van der Waals surface area contributed by atoms with E-state index in [0.29, 0.717) is 5.75 Å². The lowest BCUT2D eigenvalue weighted by Gasteiger charge is -2.12. The number of imidazole rings is 1. The molecule has 0 saturated carbocycles. The average Bonchev–Trinajstić information content (AvgIpc) is 2.64. The van der Waals surface area contributed by atoms with Crippen LogP contribution in [0.3, 0.4) is 0 Å². The Kier molecular flexibility index (Phi) is 5.00. The largest absolute Gasteiger partial charge is 0.391 e. The van der Waals surface area contributed by atoms with Crippen molar-refractivity contribution in [1.29, 1.82) is 0 Å². The summed E-state index contributed by atoms with van der Waals surface area (Å²) in [6.45, 7) is 2.48. The van der Waals surface area contributed by atoms with Crippen LogP contribution in [-0.4, -0.2) is 43.5 Å². The van der Waals surface area contributed by atoms with Crippen LogP contribution in [-0.2, 0) is 6.54 Å². The fraction of sp³-hybridized carbons (Fsp3) is 0.667. The Hall–Kier alpha value is -0.520. The molecular weight excluding hydrogens is 200 g/mol. The second-order valence-electron chi connectivity index (χ2n) is 3.18. The van der Waals surface area contributed by atoms with Crippen molar-refractivity contribution in [1.82, 2.24) is 9.55 Å². The Bertz CT molecular complexity index is 239. The van der Waals surface area contributed by atoms with Crippen LogP contribution in [0.15, 0.2) is 18.7 Å². The van der Waals surface area contributed by atoms with E-state index in [1.807, 2.05) is 10.8 Å². The van der Waals surface area contributed by atoms with Crippen molar-refractivity contribution in [2.45, 2.75) is 25.7 Å². The molecule has 80 valence electrons. The minimum absolute atomic E-state index is 0.576. The maximum atomic E-state index is 9.29. The van der Waals surface area contributed by atoms with Crippen molar-refractivity contribution in [2.75, 3.05) is 11.5 Å². The lowest BCUT2D eigenvalue weighted by atomic mass is 10.3. The molecular formula is C9H16N2O2S. The van der Waals surface area contributed by atoms with Gasteiger partial charge in [-0.15, -0.1) is 0 Å². The first-order chi connectivity index (χ1) is 6.70. The van der Waals surface area contributed by atoms with Gasteiger partial charge in [0.15, 0.2) is 0 Å². The van der Waals surface area contributed by atoms with Gasteiger partial charge in [0, 0.05) is 30.4 Å². The van der Waals surface area contributed by atoms with E-state index in [2.05, 4.69) is 4.98 Å². The second-order valence-corrected chi connectivity index (χ2v) is 4.33. The Morgan fingerprint density at radius 2 is 2.29 bits per heavy atom. The smallest absolute Gasteiger partial charge is 0.0946 e. The van der Waals surface area contributed by atoms with Crippen LogP contribution in [0.1, 0.15) is 6.92 Å². The highest BCUT2D eigenvalue weighted by Gasteiger charge is 2.09. The fourth-order valence-electron chi connectivity index (χ4n) is 0.932. The summed E-state index contributed by atoms with van der Waals surface area (Å²) in [5, 5.41) is 18.3. The molecule has 14 heavy (non-hydrogen) atoms. The van der Waals surface area contributed by atoms with Gasteiger partial charge in [0.25, 0.3) is 0 Å². The molecule has 0 radical (unpaired) electrons. The highest BCUT2D eigenvalue weighted by atomic mass is 32.2. The van der Waals surface area contributed by atoms with E-state index in [9.17, 15) is 5.11 Å². The lowest BCUT2D eigenvalue weighted by molar-refractivity contribution is 0.0469. The van der Waals surface area contributed by atoms with Gasteiger partial charge in [-0.3, -0.25) is 0 Å². The molecule has 2 N–H and O–H groups in total. The fourth-order valence-corrected chi connectivity index (χ4v) is 1.96. The average molecular weight is 216 g/mol. The second kappa shape index (κ2) is 6.06. The van der Waals surface area contributed by atoms with Gasteiger partial charge >= 0.3 is 0 Å². The van der Waals surface area contributed by atoms with E-state index in [0.717, 1.165) is 12.3 Å². The third kappa shape index (κ3) is 4.13. The van der Waals surface area contributed by atoms with Gasteiger partial charge < -0.3 is 14.8 Å². The molecule has 0 bridgehead atoms. The molecule has 1 aromatic rings. The monoisotopic (exact) mass is 216 g/mol. The number of rotatable bonds is 6. The first kappa shape index (κ1) is 11.6. The molecule has 0 spiro atoms. The highest BCUT2D eigenvalue weighted by molar-refractivity contribution is 7.99. The summed E-state index contributed by atoms with van der Waals surface area (Å²) in [4.78, 5) is 3.93. The van der Waals surface area contributed by atoms with E-state index >= 15 is 0 Å². The Morgan fingerprint density at radius 1 is 1.50 bits per heavy atom. The van der Waals surface area contributed by atoms with Crippen LogP contribution in [0, 0.1) is 0 Å². The summed E-state index contributed by atoms with van der Waals surface area (Å²) in [5.41, 5.74) is 0. The Labute approximate surface area is 88.0 Å². The van der Waals surface area contributed by atoms with E-state index in [-0.39, 0.29) is 0 Å². The number of aliphatic hydroxyl groups excluding tert-OH is 2. The van der Waals surface area contributed by atoms with Gasteiger partial charge in [-0.25, -0.2) is 4.98 Å². The molecule has 2 atom stereocenters. The summed E-state index contributed by atoms with van der Waals surface area (Å²) in [7, 11) is 0. The van der Waals surface area contributed by atoms with Crippen LogP contribution in [0.2, 0.25) is 0 Å². The zero-order valence-electron chi connectivity index (χ0n) is 8.21. The molecule has 0 aromatic carbocycles. The SMILES string of the molecule is CC(O)C(O)CSCCn1ccnc1. The van der Waals surface area contributed by atoms with Crippen molar-refractivity contribution in [3.8, 4) is 0 Å². The molecule has 1 heterocycles. The van der Waals surface area contributed by atoms with Gasteiger partial charge in [0.2, 0.25) is 0 Å². The summed E-state index contributed by atoms with van der Waals surface area (Å²) >= 11 is 1.63. The molecule has 0 aliphatic heterocycles. The predicted molar refractivity (Wildman–Crippen MR) is 57.2 cm³/mol. The van der Waals surface area contributed by atoms with Crippen molar-refractivity contribution in [2.24, 2.45) is 0 Å². The lowest BCUT2D eigenvalue weighted by Crippen LogP contribution is -2.25. The van der Waals surface area contributed by atoms with Crippen molar-refractivity contribution in [3.63, 3.8) is 0 Å². The molecule has 2 unspecified atom stereocenters. The Morgan fingerprint density at radius 3 is 2.86 bits per heavy atom. The number of thioether (sulfide) groups is 1. The van der Waals surface area contributed by atoms with Crippen molar-refractivity contribution < 1.29 is 10.2 Å². The van der Waals surface area contributed by atoms with Crippen molar-refractivity contribution >= 4 is 11.8 Å². The van der Waals surface area contributed by atoms with E-state index in [1.54, 1.807) is 31.2 Å². The van der Waals surface area contributed by atoms with Crippen LogP contribution in [0.5, 0.6) is 0 Å². The molecule has 0 amide bonds. The van der Waals surface area contributed by atoms with Crippen LogP contribution in [0.25, 0.3) is 0 Å². The zero-order chi connectivity index (χ0) is 10.4. The molecule has 0 aliphatic carbocycles. The quantitative estimate of drug-likeness (QED) is 0.674. The maximum absolute atomic E-state index is 9.29. The molecule has 4 nitrogen and oxygen atoms in total. The Balaban J connectivity index is 2.05. The predicted octanol–water partition coefficient (Wildman–Crippen LogP) is 0.358. The molecule has 0 fully saturated rings. The summed E-state index contributed by atoms with van der Waals surface area (Å²) < 4.78 is 1.99. The molecule has 1 rings (SSSR count). The number of aryl methyl sites for hydroxylation is 1. The number of aliphatic hydroxyl groups is 2. The summed E-state index contributed by atoms with van der Waals surface area (Å²) in [5.74, 6) is 1.49. The summed E-state index contributed by atoms with van der Waals surface area (Å²) in [6.07, 6.45) is 4.16. The van der Waals surface area contributed by atoms with Gasteiger partial charge in [-0.05, 0) is 6.92 Å². The number of nitrogens with zero attached hydrogens (tertiary/aromatic N) is 2. The van der Waals surface area contributed by atoms with Crippen molar-refractivity contribution in [3.05, 3.63) is 18.7 Å². The van der Waals surface area contributed by atoms with Crippen LogP contribution in [0.4, 0.5) is 0 Å². The summed E-state index contributed by atoms with van der Waals surface area (Å²) in [6, 6.07) is 0. The van der Waals surface area contributed by atoms with Crippen LogP contribution >= 0.6 is 11.8 Å². The van der Waals surface area contributed by atoms with Gasteiger partial charge in [0.05, 0.1) is 18.5 Å². The molecule has 0 saturated heterocycles. The number of aromatic nitrogens is 2. The first-order valence-corrected chi connectivity index (χ1v) is 5.75. The van der Waals surface area contributed by atoms with E-state index in [1.165, 1.54) is 0 Å². The molecule has 1 aromatic heterocycles. The highest BCUT2D eigenvalue weighted by Crippen LogP contribution is 2.06. The maximum Gasteiger partial charge on any atom is 0.0946 e. The van der Waals surface area contributed by atoms with E-state index in [4.69, 9.17) is 5.11 Å². The van der Waals surface area contributed by atoms with Gasteiger partial charge in [-0.1, -0.05) is 0 Å².